The minimum absolute atomic E-state index is 0.0225. The van der Waals surface area contributed by atoms with Gasteiger partial charge in [-0.3, -0.25) is 9.69 Å². The van der Waals surface area contributed by atoms with Gasteiger partial charge >= 0.3 is 0 Å². The first-order valence-electron chi connectivity index (χ1n) is 7.72. The van der Waals surface area contributed by atoms with Crippen molar-refractivity contribution in [2.75, 3.05) is 20.2 Å². The van der Waals surface area contributed by atoms with Gasteiger partial charge in [-0.15, -0.1) is 0 Å². The molecule has 1 aromatic carbocycles. The fourth-order valence-electron chi connectivity index (χ4n) is 3.42. The van der Waals surface area contributed by atoms with E-state index in [-0.39, 0.29) is 5.78 Å². The Morgan fingerprint density at radius 3 is 2.43 bits per heavy atom. The fraction of sp³-hybridized carbons (Fsp3) is 0.588. The van der Waals surface area contributed by atoms with Gasteiger partial charge in [0.05, 0.1) is 18.2 Å². The second-order valence-corrected chi connectivity index (χ2v) is 5.61. The Hall–Kier alpha value is -1.42. The molecule has 0 atom stereocenters. The quantitative estimate of drug-likeness (QED) is 0.749. The normalized spacial score (nSPS) is 16.2. The summed E-state index contributed by atoms with van der Waals surface area (Å²) < 4.78 is 18.9. The summed E-state index contributed by atoms with van der Waals surface area (Å²) in [6.45, 7) is 5.94. The summed E-state index contributed by atoms with van der Waals surface area (Å²) in [6.07, 6.45) is 3.69. The number of halogens is 1. The van der Waals surface area contributed by atoms with Crippen molar-refractivity contribution in [3.63, 3.8) is 0 Å². The van der Waals surface area contributed by atoms with E-state index in [9.17, 15) is 9.18 Å². The number of methoxy groups -OCH3 is 1. The maximum atomic E-state index is 13.6. The average Bonchev–Trinajstić information content (AvgIpc) is 3.03. The minimum Gasteiger partial charge on any atom is -0.496 e. The molecule has 0 N–H and O–H groups in total. The highest BCUT2D eigenvalue weighted by Crippen LogP contribution is 2.34. The van der Waals surface area contributed by atoms with Crippen LogP contribution in [0.2, 0.25) is 0 Å². The third-order valence-electron chi connectivity index (χ3n) is 4.71. The monoisotopic (exact) mass is 293 g/mol. The van der Waals surface area contributed by atoms with Crippen molar-refractivity contribution >= 4 is 5.78 Å². The van der Waals surface area contributed by atoms with E-state index in [1.165, 1.54) is 25.3 Å². The number of ether oxygens (including phenoxy) is 1. The van der Waals surface area contributed by atoms with Crippen molar-refractivity contribution in [3.05, 3.63) is 29.6 Å². The van der Waals surface area contributed by atoms with Crippen LogP contribution in [-0.4, -0.2) is 36.4 Å². The molecule has 1 heterocycles. The van der Waals surface area contributed by atoms with E-state index in [0.717, 1.165) is 38.8 Å². The van der Waals surface area contributed by atoms with Gasteiger partial charge in [-0.2, -0.15) is 0 Å². The number of hydrogen-bond acceptors (Lipinski definition) is 3. The van der Waals surface area contributed by atoms with Crippen molar-refractivity contribution in [2.24, 2.45) is 0 Å². The number of nitrogens with zero attached hydrogens (tertiary/aromatic N) is 1. The first-order chi connectivity index (χ1) is 10.1. The smallest absolute Gasteiger partial charge is 0.186 e. The van der Waals surface area contributed by atoms with Crippen LogP contribution >= 0.6 is 0 Å². The summed E-state index contributed by atoms with van der Waals surface area (Å²) in [4.78, 5) is 15.4. The van der Waals surface area contributed by atoms with Crippen LogP contribution in [0.4, 0.5) is 4.39 Å². The molecule has 4 heteroatoms. The van der Waals surface area contributed by atoms with Crippen molar-refractivity contribution in [2.45, 2.75) is 45.1 Å². The molecule has 0 aromatic heterocycles. The summed E-state index contributed by atoms with van der Waals surface area (Å²) in [7, 11) is 1.51. The lowest BCUT2D eigenvalue weighted by atomic mass is 9.82. The van der Waals surface area contributed by atoms with Gasteiger partial charge < -0.3 is 4.74 Å². The SMILES string of the molecule is CCC(CC)(C(=O)c1cc(F)ccc1OC)N1CCCC1. The van der Waals surface area contributed by atoms with Crippen LogP contribution < -0.4 is 4.74 Å². The van der Waals surface area contributed by atoms with E-state index in [1.54, 1.807) is 0 Å². The van der Waals surface area contributed by atoms with Crippen molar-refractivity contribution in [3.8, 4) is 5.75 Å². The van der Waals surface area contributed by atoms with Crippen molar-refractivity contribution < 1.29 is 13.9 Å². The number of ketones is 1. The van der Waals surface area contributed by atoms with Crippen LogP contribution in [0.15, 0.2) is 18.2 Å². The first kappa shape index (κ1) is 16.0. The Labute approximate surface area is 126 Å². The maximum Gasteiger partial charge on any atom is 0.186 e. The third kappa shape index (κ3) is 2.82. The van der Waals surface area contributed by atoms with Crippen molar-refractivity contribution in [1.82, 2.24) is 4.90 Å². The highest BCUT2D eigenvalue weighted by Gasteiger charge is 2.43. The minimum atomic E-state index is -0.544. The summed E-state index contributed by atoms with van der Waals surface area (Å²) in [5.74, 6) is 0.0271. The Bertz CT molecular complexity index is 506. The first-order valence-corrected chi connectivity index (χ1v) is 7.72. The molecule has 1 saturated heterocycles. The predicted octanol–water partition coefficient (Wildman–Crippen LogP) is 3.67. The van der Waals surface area contributed by atoms with E-state index in [0.29, 0.717) is 11.3 Å². The molecule has 21 heavy (non-hydrogen) atoms. The molecule has 0 saturated carbocycles. The van der Waals surface area contributed by atoms with Gasteiger partial charge in [-0.25, -0.2) is 4.39 Å². The number of carbonyl (C=O) groups excluding carboxylic acids is 1. The van der Waals surface area contributed by atoms with Crippen molar-refractivity contribution in [1.29, 1.82) is 0 Å². The molecule has 0 aliphatic carbocycles. The molecule has 0 unspecified atom stereocenters. The van der Waals surface area contributed by atoms with Crippen LogP contribution in [0.5, 0.6) is 5.75 Å². The molecule has 1 aliphatic heterocycles. The lowest BCUT2D eigenvalue weighted by Crippen LogP contribution is -2.52. The van der Waals surface area contributed by atoms with Crippen LogP contribution in [0.3, 0.4) is 0 Å². The molecule has 0 amide bonds. The number of benzene rings is 1. The van der Waals surface area contributed by atoms with Crippen LogP contribution in [0.25, 0.3) is 0 Å². The van der Waals surface area contributed by atoms with Gasteiger partial charge in [0, 0.05) is 0 Å². The highest BCUT2D eigenvalue weighted by atomic mass is 19.1. The number of rotatable bonds is 6. The maximum absolute atomic E-state index is 13.6. The van der Waals surface area contributed by atoms with Crippen LogP contribution in [0.1, 0.15) is 49.9 Å². The lowest BCUT2D eigenvalue weighted by Gasteiger charge is -2.39. The van der Waals surface area contributed by atoms with Crippen LogP contribution in [-0.2, 0) is 0 Å². The van der Waals surface area contributed by atoms with Gasteiger partial charge in [-0.1, -0.05) is 13.8 Å². The third-order valence-corrected chi connectivity index (χ3v) is 4.71. The standard InChI is InChI=1S/C17H24FNO2/c1-4-17(5-2,19-10-6-7-11-19)16(20)14-12-13(18)8-9-15(14)21-3/h8-9,12H,4-7,10-11H2,1-3H3. The van der Waals surface area contributed by atoms with Gasteiger partial charge in [0.25, 0.3) is 0 Å². The molecular weight excluding hydrogens is 269 g/mol. The molecule has 0 radical (unpaired) electrons. The predicted molar refractivity (Wildman–Crippen MR) is 81.4 cm³/mol. The van der Waals surface area contributed by atoms with Gasteiger partial charge in [0.15, 0.2) is 5.78 Å². The molecule has 1 fully saturated rings. The Balaban J connectivity index is 2.45. The lowest BCUT2D eigenvalue weighted by molar-refractivity contribution is 0.0578. The molecule has 2 rings (SSSR count). The second-order valence-electron chi connectivity index (χ2n) is 5.61. The molecule has 3 nitrogen and oxygen atoms in total. The zero-order valence-electron chi connectivity index (χ0n) is 13.1. The number of hydrogen-bond donors (Lipinski definition) is 0. The highest BCUT2D eigenvalue weighted by molar-refractivity contribution is 6.05. The topological polar surface area (TPSA) is 29.5 Å². The molecule has 0 spiro atoms. The van der Waals surface area contributed by atoms with Gasteiger partial charge in [-0.05, 0) is 57.0 Å². The van der Waals surface area contributed by atoms with E-state index < -0.39 is 11.4 Å². The van der Waals surface area contributed by atoms with Crippen LogP contribution in [0, 0.1) is 5.82 Å². The second kappa shape index (κ2) is 6.56. The van der Waals surface area contributed by atoms with E-state index in [4.69, 9.17) is 4.74 Å². The molecule has 0 bridgehead atoms. The molecule has 116 valence electrons. The molecule has 1 aromatic rings. The van der Waals surface area contributed by atoms with E-state index in [1.807, 2.05) is 13.8 Å². The number of Topliss-reactive ketones (excluding diaryl/α,β-unsaturated/α-hetero) is 1. The summed E-state index contributed by atoms with van der Waals surface area (Å²) in [5.41, 5.74) is -0.189. The zero-order valence-corrected chi connectivity index (χ0v) is 13.1. The van der Waals surface area contributed by atoms with Gasteiger partial charge in [0.1, 0.15) is 11.6 Å². The van der Waals surface area contributed by atoms with E-state index in [2.05, 4.69) is 4.90 Å². The Kier molecular flexibility index (Phi) is 4.99. The average molecular weight is 293 g/mol. The van der Waals surface area contributed by atoms with Gasteiger partial charge in [0.2, 0.25) is 0 Å². The zero-order chi connectivity index (χ0) is 15.5. The fourth-order valence-corrected chi connectivity index (χ4v) is 3.42. The Morgan fingerprint density at radius 2 is 1.90 bits per heavy atom. The molecular formula is C17H24FNO2. The van der Waals surface area contributed by atoms with E-state index >= 15 is 0 Å². The number of carbonyl (C=O) groups is 1. The molecule has 1 aliphatic rings. The largest absolute Gasteiger partial charge is 0.496 e. The Morgan fingerprint density at radius 1 is 1.29 bits per heavy atom. The summed E-state index contributed by atoms with van der Waals surface area (Å²) >= 11 is 0. The summed E-state index contributed by atoms with van der Waals surface area (Å²) in [5, 5.41) is 0. The number of likely N-dealkylation sites (tertiary alicyclic amines) is 1. The summed E-state index contributed by atoms with van der Waals surface area (Å²) in [6, 6.07) is 4.16.